The summed E-state index contributed by atoms with van der Waals surface area (Å²) in [5, 5.41) is 17.1. The molecule has 2 aliphatic rings. The van der Waals surface area contributed by atoms with Crippen molar-refractivity contribution in [2.45, 2.75) is 37.1 Å². The lowest BCUT2D eigenvalue weighted by molar-refractivity contribution is -0.129. The maximum atomic E-state index is 15.3. The first-order chi connectivity index (χ1) is 24.9. The van der Waals surface area contributed by atoms with Crippen molar-refractivity contribution in [3.05, 3.63) is 169 Å². The van der Waals surface area contributed by atoms with Crippen LogP contribution >= 0.6 is 23.2 Å². The number of fused-ring (bicyclic) bond motifs is 3. The molecule has 0 saturated heterocycles. The number of azide groups is 1. The molecule has 1 aliphatic heterocycles. The summed E-state index contributed by atoms with van der Waals surface area (Å²) in [5.74, 6) is 0.507. The number of rotatable bonds is 12. The Balaban J connectivity index is 1.38. The van der Waals surface area contributed by atoms with Gasteiger partial charge in [0.1, 0.15) is 5.75 Å². The maximum Gasteiger partial charge on any atom is 0.253 e. The Morgan fingerprint density at radius 3 is 2.24 bits per heavy atom. The molecule has 0 fully saturated rings. The molecule has 0 bridgehead atoms. The van der Waals surface area contributed by atoms with Crippen LogP contribution in [0.5, 0.6) is 5.75 Å². The highest BCUT2D eigenvalue weighted by atomic mass is 35.5. The second-order valence-electron chi connectivity index (χ2n) is 12.4. The average molecular weight is 719 g/mol. The molecule has 1 heterocycles. The van der Waals surface area contributed by atoms with E-state index >= 15 is 4.79 Å². The summed E-state index contributed by atoms with van der Waals surface area (Å²) in [6, 6.07) is 35.5. The first-order valence-corrected chi connectivity index (χ1v) is 17.3. The van der Waals surface area contributed by atoms with E-state index in [2.05, 4.69) is 27.5 Å². The molecule has 0 radical (unpaired) electrons. The number of carbonyl (C=O) groups excluding carboxylic acids is 1. The summed E-state index contributed by atoms with van der Waals surface area (Å²) >= 11 is 13.2. The van der Waals surface area contributed by atoms with Crippen molar-refractivity contribution in [2.24, 2.45) is 10.1 Å². The predicted octanol–water partition coefficient (Wildman–Crippen LogP) is 8.95. The van der Waals surface area contributed by atoms with Gasteiger partial charge in [-0.3, -0.25) is 4.79 Å². The number of carbonyl (C=O) groups is 1. The standard InChI is InChI=1S/C40H33Cl2N5O4/c41-28-16-19-34(35(42)22-28)37-40(23-26-8-1-2-9-27(26)24-44-47-43,46-38(51-37)25-14-17-29(18-15-25)50-21-7-20-48)39(49)45-36-32-12-5-3-10-30(32)31-11-4-6-13-33(31)36/h1-6,8-19,22,36-37,48H,7,20-21,23-24H2,(H,45,49)/t37-,40-/m1/s1. The lowest BCUT2D eigenvalue weighted by Crippen LogP contribution is -2.51. The first kappa shape index (κ1) is 34.2. The predicted molar refractivity (Wildman–Crippen MR) is 198 cm³/mol. The summed E-state index contributed by atoms with van der Waals surface area (Å²) in [6.45, 7) is 0.497. The van der Waals surface area contributed by atoms with Crippen LogP contribution in [0, 0.1) is 0 Å². The minimum absolute atomic E-state index is 0.0333. The van der Waals surface area contributed by atoms with Gasteiger partial charge in [0.05, 0.1) is 19.2 Å². The van der Waals surface area contributed by atoms with Crippen LogP contribution in [0.1, 0.15) is 51.9 Å². The quantitative estimate of drug-likeness (QED) is 0.0578. The van der Waals surface area contributed by atoms with Gasteiger partial charge < -0.3 is 19.9 Å². The van der Waals surface area contributed by atoms with Crippen molar-refractivity contribution >= 4 is 35.0 Å². The van der Waals surface area contributed by atoms with E-state index in [1.165, 1.54) is 0 Å². The van der Waals surface area contributed by atoms with Gasteiger partial charge in [-0.05, 0) is 75.3 Å². The van der Waals surface area contributed by atoms with Crippen molar-refractivity contribution in [3.63, 3.8) is 0 Å². The van der Waals surface area contributed by atoms with Crippen LogP contribution in [0.2, 0.25) is 10.0 Å². The highest BCUT2D eigenvalue weighted by molar-refractivity contribution is 6.35. The van der Waals surface area contributed by atoms with Gasteiger partial charge >= 0.3 is 0 Å². The lowest BCUT2D eigenvalue weighted by atomic mass is 9.80. The van der Waals surface area contributed by atoms with Crippen molar-refractivity contribution in [3.8, 4) is 16.9 Å². The van der Waals surface area contributed by atoms with Crippen molar-refractivity contribution in [1.29, 1.82) is 0 Å². The zero-order chi connectivity index (χ0) is 35.4. The fourth-order valence-corrected chi connectivity index (χ4v) is 7.33. The van der Waals surface area contributed by atoms with E-state index in [0.717, 1.165) is 33.4 Å². The molecule has 0 unspecified atom stereocenters. The molecule has 51 heavy (non-hydrogen) atoms. The Hall–Kier alpha value is -5.31. The molecule has 1 aliphatic carbocycles. The number of aliphatic hydroxyl groups excluding tert-OH is 1. The van der Waals surface area contributed by atoms with Gasteiger partial charge in [0.25, 0.3) is 5.91 Å². The summed E-state index contributed by atoms with van der Waals surface area (Å²) in [7, 11) is 0. The minimum atomic E-state index is -1.58. The molecule has 0 aromatic heterocycles. The SMILES string of the molecule is [N-]=[N+]=NCc1ccccc1C[C@@]1(C(=O)NC2c3ccccc3-c3ccccc32)N=C(c2ccc(OCCCO)cc2)O[C@@H]1c1ccc(Cl)cc1Cl. The maximum absolute atomic E-state index is 15.3. The van der Waals surface area contributed by atoms with E-state index in [9.17, 15) is 0 Å². The number of nitrogens with one attached hydrogen (secondary N) is 1. The van der Waals surface area contributed by atoms with Gasteiger partial charge in [0, 0.05) is 45.5 Å². The lowest BCUT2D eigenvalue weighted by Gasteiger charge is -2.33. The molecule has 5 aromatic rings. The normalized spacial score (nSPS) is 17.5. The van der Waals surface area contributed by atoms with Gasteiger partial charge in [-0.1, -0.05) is 107 Å². The largest absolute Gasteiger partial charge is 0.494 e. The third-order valence-corrected chi connectivity index (χ3v) is 9.83. The van der Waals surface area contributed by atoms with Crippen LogP contribution < -0.4 is 10.1 Å². The third kappa shape index (κ3) is 6.77. The van der Waals surface area contributed by atoms with Gasteiger partial charge in [-0.25, -0.2) is 4.99 Å². The minimum Gasteiger partial charge on any atom is -0.494 e. The van der Waals surface area contributed by atoms with Gasteiger partial charge in [-0.15, -0.1) is 0 Å². The van der Waals surface area contributed by atoms with Crippen molar-refractivity contribution in [2.75, 3.05) is 13.2 Å². The average Bonchev–Trinajstić information content (AvgIpc) is 3.68. The van der Waals surface area contributed by atoms with Crippen LogP contribution in [0.3, 0.4) is 0 Å². The number of amides is 1. The number of halogens is 2. The fraction of sp³-hybridized carbons (Fsp3) is 0.200. The van der Waals surface area contributed by atoms with Crippen LogP contribution in [0.15, 0.2) is 125 Å². The molecule has 1 amide bonds. The highest BCUT2D eigenvalue weighted by Gasteiger charge is 2.55. The molecule has 0 saturated carbocycles. The Kier molecular flexibility index (Phi) is 9.97. The summed E-state index contributed by atoms with van der Waals surface area (Å²) < 4.78 is 12.5. The van der Waals surface area contributed by atoms with E-state index < -0.39 is 17.7 Å². The van der Waals surface area contributed by atoms with Crippen LogP contribution in [0.4, 0.5) is 0 Å². The summed E-state index contributed by atoms with van der Waals surface area (Å²) in [4.78, 5) is 23.5. The molecule has 2 atom stereocenters. The van der Waals surface area contributed by atoms with E-state index in [1.54, 1.807) is 30.3 Å². The highest BCUT2D eigenvalue weighted by Crippen LogP contribution is 2.48. The second-order valence-corrected chi connectivity index (χ2v) is 13.2. The molecule has 256 valence electrons. The van der Waals surface area contributed by atoms with Gasteiger partial charge in [0.15, 0.2) is 11.6 Å². The van der Waals surface area contributed by atoms with E-state index in [1.807, 2.05) is 72.8 Å². The number of ether oxygens (including phenoxy) is 2. The Morgan fingerprint density at radius 1 is 0.902 bits per heavy atom. The molecule has 7 rings (SSSR count). The Bertz CT molecular complexity index is 2120. The number of aliphatic imine (C=N–C) groups is 1. The molecule has 0 spiro atoms. The number of hydrogen-bond acceptors (Lipinski definition) is 6. The monoisotopic (exact) mass is 717 g/mol. The van der Waals surface area contributed by atoms with E-state index in [0.29, 0.717) is 39.9 Å². The Morgan fingerprint density at radius 2 is 1.57 bits per heavy atom. The molecular formula is C40H33Cl2N5O4. The summed E-state index contributed by atoms with van der Waals surface area (Å²) in [6.07, 6.45) is -0.366. The van der Waals surface area contributed by atoms with E-state index in [-0.39, 0.29) is 31.4 Å². The smallest absolute Gasteiger partial charge is 0.253 e. The Labute approximate surface area is 305 Å². The molecule has 5 aromatic carbocycles. The second kappa shape index (κ2) is 14.9. The number of benzene rings is 5. The van der Waals surface area contributed by atoms with Crippen molar-refractivity contribution < 1.29 is 19.4 Å². The van der Waals surface area contributed by atoms with Crippen LogP contribution in [-0.4, -0.2) is 35.7 Å². The van der Waals surface area contributed by atoms with Crippen LogP contribution in [-0.2, 0) is 22.5 Å². The number of hydrogen-bond donors (Lipinski definition) is 2. The van der Waals surface area contributed by atoms with E-state index in [4.69, 9.17) is 48.3 Å². The molecule has 9 nitrogen and oxygen atoms in total. The number of nitrogens with zero attached hydrogens (tertiary/aromatic N) is 4. The zero-order valence-electron chi connectivity index (χ0n) is 27.4. The molecular weight excluding hydrogens is 685 g/mol. The first-order valence-electron chi connectivity index (χ1n) is 16.5. The zero-order valence-corrected chi connectivity index (χ0v) is 28.9. The fourth-order valence-electron chi connectivity index (χ4n) is 6.82. The summed E-state index contributed by atoms with van der Waals surface area (Å²) in [5.41, 5.74) is 14.3. The molecule has 11 heteroatoms. The van der Waals surface area contributed by atoms with Gasteiger partial charge in [0.2, 0.25) is 5.90 Å². The van der Waals surface area contributed by atoms with Crippen molar-refractivity contribution in [1.82, 2.24) is 5.32 Å². The van der Waals surface area contributed by atoms with Gasteiger partial charge in [-0.2, -0.15) is 0 Å². The third-order valence-electron chi connectivity index (χ3n) is 9.27. The van der Waals surface area contributed by atoms with Crippen LogP contribution in [0.25, 0.3) is 21.6 Å². The molecule has 2 N–H and O–H groups in total. The number of aliphatic hydroxyl groups is 1. The topological polar surface area (TPSA) is 129 Å².